The van der Waals surface area contributed by atoms with Crippen LogP contribution in [0.15, 0.2) is 0 Å². The van der Waals surface area contributed by atoms with Crippen molar-refractivity contribution in [2.24, 2.45) is 82.3 Å². The van der Waals surface area contributed by atoms with Crippen molar-refractivity contribution in [3.63, 3.8) is 0 Å². The van der Waals surface area contributed by atoms with E-state index in [0.29, 0.717) is 85.4 Å². The summed E-state index contributed by atoms with van der Waals surface area (Å²) in [4.78, 5) is 82.4. The third-order valence-corrected chi connectivity index (χ3v) is 26.6. The number of rotatable bonds is 77. The Kier molecular flexibility index (Phi) is 108. The Labute approximate surface area is 814 Å². The fraction of sp³-hybridized carbons (Fsp3) is 0.940. The van der Waals surface area contributed by atoms with Crippen LogP contribution in [0, 0.1) is 82.3 Å². The maximum Gasteiger partial charge on any atom is 0.223 e. The van der Waals surface area contributed by atoms with Crippen molar-refractivity contribution in [2.75, 3.05) is 45.8 Å². The van der Waals surface area contributed by atoms with E-state index in [9.17, 15) is 33.6 Å². The van der Waals surface area contributed by atoms with Gasteiger partial charge in [-0.1, -0.05) is 431 Å². The van der Waals surface area contributed by atoms with Crippen molar-refractivity contribution in [3.8, 4) is 0 Å². The molecule has 0 saturated heterocycles. The number of unbranched alkanes of at least 4 members (excludes halogenated alkanes) is 27. The first-order valence-corrected chi connectivity index (χ1v) is 57.1. The molecule has 0 bridgehead atoms. The molecule has 7 amide bonds. The number of amides is 7. The number of nitrogens with one attached hydrogen (secondary N) is 7. The van der Waals surface area contributed by atoms with Gasteiger partial charge in [-0.3, -0.25) is 33.6 Å². The number of carbonyl (C=O) groups is 7. The third-order valence-electron chi connectivity index (χ3n) is 26.6. The molecular weight excluding hydrogens is 1600 g/mol. The molecule has 130 heavy (non-hydrogen) atoms. The van der Waals surface area contributed by atoms with Crippen LogP contribution >= 0.6 is 0 Å². The summed E-state index contributed by atoms with van der Waals surface area (Å²) in [7, 11) is 0. The summed E-state index contributed by atoms with van der Waals surface area (Å²) in [6, 6.07) is 0. The second-order valence-electron chi connectivity index (χ2n) is 42.7. The Morgan fingerprint density at radius 2 is 0.400 bits per heavy atom. The monoisotopic (exact) mass is 1840 g/mol. The molecular formula is C116H237N7O7. The maximum absolute atomic E-state index is 12.3. The average Bonchev–Trinajstić information content (AvgIpc) is 0.850. The van der Waals surface area contributed by atoms with Gasteiger partial charge in [0.1, 0.15) is 0 Å². The molecule has 14 heteroatoms. The maximum atomic E-state index is 12.3. The number of hydrogen-bond donors (Lipinski definition) is 7. The highest BCUT2D eigenvalue weighted by molar-refractivity contribution is 5.79. The normalized spacial score (nSPS) is 13.6. The molecule has 0 radical (unpaired) electrons. The highest BCUT2D eigenvalue weighted by atomic mass is 16.2. The van der Waals surface area contributed by atoms with Gasteiger partial charge in [-0.15, -0.1) is 0 Å². The quantitative estimate of drug-likeness (QED) is 0.0293. The predicted octanol–water partition coefficient (Wildman–Crippen LogP) is 33.1. The van der Waals surface area contributed by atoms with E-state index in [2.05, 4.69) is 224 Å². The van der Waals surface area contributed by atoms with Gasteiger partial charge in [0.25, 0.3) is 0 Å². The van der Waals surface area contributed by atoms with E-state index in [4.69, 9.17) is 0 Å². The molecule has 14 nitrogen and oxygen atoms in total. The SMILES string of the molecule is CCCC(CCC)C(=O)NCC1(CC)CCCCC1.CCCCCC(=O)NC[C@H](CC)CC(C)C.CCCCCCC(=O)NC[C@H](CC)CC(C)C.CCCCCCCC(=O)NC[C@H](CC)CC(C)C.CCCCCCCCC(=O)NC[C@H](CC)CC(C)C.CCCCCCCCCC(=O)NC[C@H](CC)CC(C)C.CCCCCCCCCCC(=O)NC[C@H](CC)CC(C)C. The first-order valence-electron chi connectivity index (χ1n) is 57.1. The smallest absolute Gasteiger partial charge is 0.223 e. The molecule has 0 unspecified atom stereocenters. The summed E-state index contributed by atoms with van der Waals surface area (Å²) in [6.07, 6.45) is 71.6. The minimum absolute atomic E-state index is 0.232. The fourth-order valence-electron chi connectivity index (χ4n) is 17.8. The van der Waals surface area contributed by atoms with E-state index in [0.717, 1.165) is 190 Å². The first-order chi connectivity index (χ1) is 62.2. The minimum Gasteiger partial charge on any atom is -0.356 e. The van der Waals surface area contributed by atoms with Crippen molar-refractivity contribution in [1.82, 2.24) is 37.2 Å². The van der Waals surface area contributed by atoms with Gasteiger partial charge in [0.05, 0.1) is 0 Å². The highest BCUT2D eigenvalue weighted by Crippen LogP contribution is 2.39. The molecule has 1 saturated carbocycles. The summed E-state index contributed by atoms with van der Waals surface area (Å²) in [5.74, 6) is 10.2. The van der Waals surface area contributed by atoms with Crippen molar-refractivity contribution in [3.05, 3.63) is 0 Å². The Morgan fingerprint density at radius 1 is 0.223 bits per heavy atom. The van der Waals surface area contributed by atoms with Crippen LogP contribution in [0.25, 0.3) is 0 Å². The van der Waals surface area contributed by atoms with Crippen LogP contribution in [0.4, 0.5) is 0 Å². The van der Waals surface area contributed by atoms with E-state index in [1.165, 1.54) is 244 Å². The van der Waals surface area contributed by atoms with E-state index >= 15 is 0 Å². The summed E-state index contributed by atoms with van der Waals surface area (Å²) < 4.78 is 0. The molecule has 0 aromatic rings. The van der Waals surface area contributed by atoms with E-state index in [1.54, 1.807) is 0 Å². The lowest BCUT2D eigenvalue weighted by atomic mass is 9.72. The topological polar surface area (TPSA) is 204 Å². The molecule has 0 aromatic carbocycles. The fourth-order valence-corrected chi connectivity index (χ4v) is 17.8. The second-order valence-corrected chi connectivity index (χ2v) is 42.7. The molecule has 6 atom stereocenters. The Morgan fingerprint density at radius 3 is 0.577 bits per heavy atom. The lowest BCUT2D eigenvalue weighted by Gasteiger charge is -2.37. The van der Waals surface area contributed by atoms with E-state index in [1.807, 2.05) is 0 Å². The van der Waals surface area contributed by atoms with Crippen LogP contribution < -0.4 is 37.2 Å². The van der Waals surface area contributed by atoms with Gasteiger partial charge in [0, 0.05) is 90.3 Å². The largest absolute Gasteiger partial charge is 0.356 e. The molecule has 0 spiro atoms. The third kappa shape index (κ3) is 102. The van der Waals surface area contributed by atoms with Crippen LogP contribution in [0.3, 0.4) is 0 Å². The zero-order valence-electron chi connectivity index (χ0n) is 92.9. The van der Waals surface area contributed by atoms with Crippen LogP contribution in [0.2, 0.25) is 0 Å². The summed E-state index contributed by atoms with van der Waals surface area (Å²) in [5, 5.41) is 21.8. The predicted molar refractivity (Wildman–Crippen MR) is 574 cm³/mol. The standard InChI is InChI=1S/C19H39NO.C18H37NO.C17H33NO.C17H35NO.C16H33NO.C15H31NO.C14H29NO/c1-5-7-8-9-10-11-12-13-14-19(21)20-16-18(6-2)15-17(3)4;1-5-7-8-9-10-11-12-13-18(20)19-15-17(6-2)14-16(3)4;1-4-10-15(11-5-2)16(19)18-14-17(6-3)12-8-7-9-13-17;1-5-7-8-9-10-11-12-17(19)18-14-16(6-2)13-15(3)4;1-5-7-8-9-10-11-16(18)17-13-15(6-2)12-14(3)4;1-5-7-8-9-10-15(17)16-12-14(6-2)11-13(3)4;1-5-7-8-9-14(16)15-11-13(6-2)10-12(3)4/h17-18H,5-16H2,1-4H3,(H,20,21);16-17H,5-15H2,1-4H3,(H,19,20);15H,4-14H2,1-3H3,(H,18,19);15-16H,5-14H2,1-4H3,(H,18,19);14-15H,5-13H2,1-4H3,(H,17,18);13-14H,5-12H2,1-4H3,(H,16,17);12-13H,5-11H2,1-4H3,(H,15,16)/t18-;17-;;16-;15-;14-;13-/m11.1111/s1. The van der Waals surface area contributed by atoms with Crippen molar-refractivity contribution in [2.45, 2.75) is 579 Å². The summed E-state index contributed by atoms with van der Waals surface area (Å²) in [5.41, 5.74) is 0.400. The Balaban J connectivity index is -0.000000345. The average molecular weight is 1840 g/mol. The molecule has 1 aliphatic rings. The lowest BCUT2D eigenvalue weighted by Crippen LogP contribution is -2.41. The van der Waals surface area contributed by atoms with E-state index < -0.39 is 0 Å². The van der Waals surface area contributed by atoms with Gasteiger partial charge >= 0.3 is 0 Å². The van der Waals surface area contributed by atoms with Gasteiger partial charge in [-0.05, 0) is 186 Å². The highest BCUT2D eigenvalue weighted by Gasteiger charge is 2.31. The Hall–Kier alpha value is -3.71. The number of carbonyl (C=O) groups excluding carboxylic acids is 7. The van der Waals surface area contributed by atoms with E-state index in [-0.39, 0.29) is 41.4 Å². The first kappa shape index (κ1) is 137. The zero-order chi connectivity index (χ0) is 99.1. The molecule has 7 N–H and O–H groups in total. The summed E-state index contributed by atoms with van der Waals surface area (Å²) in [6.45, 7) is 66.3. The van der Waals surface area contributed by atoms with Gasteiger partial charge in [-0.2, -0.15) is 0 Å². The minimum atomic E-state index is 0.232. The van der Waals surface area contributed by atoms with Gasteiger partial charge in [0.15, 0.2) is 0 Å². The van der Waals surface area contributed by atoms with Crippen LogP contribution in [-0.4, -0.2) is 87.2 Å². The van der Waals surface area contributed by atoms with Crippen molar-refractivity contribution < 1.29 is 33.6 Å². The molecule has 778 valence electrons. The molecule has 0 heterocycles. The van der Waals surface area contributed by atoms with Crippen LogP contribution in [-0.2, 0) is 33.6 Å². The molecule has 0 aliphatic heterocycles. The lowest BCUT2D eigenvalue weighted by molar-refractivity contribution is -0.126. The van der Waals surface area contributed by atoms with Gasteiger partial charge < -0.3 is 37.2 Å². The molecule has 1 rings (SSSR count). The van der Waals surface area contributed by atoms with Crippen molar-refractivity contribution >= 4 is 41.4 Å². The molecule has 1 aliphatic carbocycles. The van der Waals surface area contributed by atoms with Crippen molar-refractivity contribution in [1.29, 1.82) is 0 Å². The van der Waals surface area contributed by atoms with Gasteiger partial charge in [-0.25, -0.2) is 0 Å². The van der Waals surface area contributed by atoms with Gasteiger partial charge in [0.2, 0.25) is 41.4 Å². The molecule has 0 aromatic heterocycles. The Bertz CT molecular complexity index is 2400. The molecule has 1 fully saturated rings. The number of hydrogen-bond acceptors (Lipinski definition) is 7. The second kappa shape index (κ2) is 103. The van der Waals surface area contributed by atoms with Crippen LogP contribution in [0.5, 0.6) is 0 Å². The summed E-state index contributed by atoms with van der Waals surface area (Å²) >= 11 is 0. The van der Waals surface area contributed by atoms with Crippen LogP contribution in [0.1, 0.15) is 579 Å². The zero-order valence-corrected chi connectivity index (χ0v) is 92.9.